The van der Waals surface area contributed by atoms with Gasteiger partial charge in [0, 0.05) is 16.1 Å². The molecule has 2 aromatic rings. The van der Waals surface area contributed by atoms with Crippen LogP contribution >= 0.6 is 23.7 Å². The zero-order valence-corrected chi connectivity index (χ0v) is 9.34. The summed E-state index contributed by atoms with van der Waals surface area (Å²) >= 11 is 1.70. The van der Waals surface area contributed by atoms with Crippen molar-refractivity contribution in [3.05, 3.63) is 35.0 Å². The molecule has 0 aliphatic carbocycles. The highest BCUT2D eigenvalue weighted by Gasteiger charge is 2.01. The molecule has 0 amide bonds. The molecule has 14 heavy (non-hydrogen) atoms. The lowest BCUT2D eigenvalue weighted by molar-refractivity contribution is 0.630. The van der Waals surface area contributed by atoms with Crippen LogP contribution in [-0.4, -0.2) is 7.05 Å². The van der Waals surface area contributed by atoms with Crippen LogP contribution in [0.1, 0.15) is 4.88 Å². The average Bonchev–Trinajstić information content (AvgIpc) is 2.46. The Hall–Kier alpha value is -0.640. The number of fused-ring (bicyclic) bond motifs is 1. The Bertz CT molecular complexity index is 427. The maximum absolute atomic E-state index is 12.8. The van der Waals surface area contributed by atoms with E-state index in [1.807, 2.05) is 19.2 Å². The summed E-state index contributed by atoms with van der Waals surface area (Å²) in [6, 6.07) is 6.93. The normalized spacial score (nSPS) is 10.1. The molecular weight excluding hydrogens is 221 g/mol. The predicted octanol–water partition coefficient (Wildman–Crippen LogP) is 3.18. The van der Waals surface area contributed by atoms with Crippen LogP contribution in [0.3, 0.4) is 0 Å². The molecule has 1 nitrogen and oxygen atoms in total. The number of nitrogens with one attached hydrogen (secondary N) is 1. The van der Waals surface area contributed by atoms with Gasteiger partial charge in [-0.15, -0.1) is 23.7 Å². The zero-order valence-electron chi connectivity index (χ0n) is 7.71. The molecule has 76 valence electrons. The Morgan fingerprint density at radius 3 is 2.86 bits per heavy atom. The van der Waals surface area contributed by atoms with E-state index < -0.39 is 0 Å². The zero-order chi connectivity index (χ0) is 9.26. The lowest BCUT2D eigenvalue weighted by Gasteiger charge is -1.89. The highest BCUT2D eigenvalue weighted by atomic mass is 35.5. The number of rotatable bonds is 2. The lowest BCUT2D eigenvalue weighted by Crippen LogP contribution is -2.02. The van der Waals surface area contributed by atoms with Crippen LogP contribution < -0.4 is 5.32 Å². The molecule has 0 atom stereocenters. The summed E-state index contributed by atoms with van der Waals surface area (Å²) in [7, 11) is 1.91. The maximum atomic E-state index is 12.8. The van der Waals surface area contributed by atoms with Crippen LogP contribution in [0.5, 0.6) is 0 Å². The van der Waals surface area contributed by atoms with Gasteiger partial charge in [0.25, 0.3) is 0 Å². The summed E-state index contributed by atoms with van der Waals surface area (Å²) in [6.07, 6.45) is 0. The van der Waals surface area contributed by atoms with Gasteiger partial charge in [-0.05, 0) is 36.7 Å². The van der Waals surface area contributed by atoms with Gasteiger partial charge in [-0.3, -0.25) is 0 Å². The first-order valence-corrected chi connectivity index (χ1v) is 4.94. The molecule has 2 rings (SSSR count). The minimum Gasteiger partial charge on any atom is -0.315 e. The quantitative estimate of drug-likeness (QED) is 0.837. The molecule has 0 radical (unpaired) electrons. The molecule has 0 spiro atoms. The topological polar surface area (TPSA) is 12.0 Å². The van der Waals surface area contributed by atoms with Crippen LogP contribution in [-0.2, 0) is 6.54 Å². The second-order valence-electron chi connectivity index (χ2n) is 2.93. The molecule has 0 saturated heterocycles. The van der Waals surface area contributed by atoms with Gasteiger partial charge < -0.3 is 5.32 Å². The largest absolute Gasteiger partial charge is 0.315 e. The van der Waals surface area contributed by atoms with Crippen molar-refractivity contribution < 1.29 is 4.39 Å². The van der Waals surface area contributed by atoms with Crippen LogP contribution in [0.2, 0.25) is 0 Å². The first-order valence-electron chi connectivity index (χ1n) is 4.12. The number of hydrogen-bond donors (Lipinski definition) is 1. The Balaban J connectivity index is 0.000000980. The summed E-state index contributed by atoms with van der Waals surface area (Å²) in [5.74, 6) is -0.165. The minimum absolute atomic E-state index is 0. The van der Waals surface area contributed by atoms with Gasteiger partial charge >= 0.3 is 0 Å². The van der Waals surface area contributed by atoms with Gasteiger partial charge in [0.05, 0.1) is 0 Å². The highest BCUT2D eigenvalue weighted by Crippen LogP contribution is 2.25. The molecule has 4 heteroatoms. The fourth-order valence-electron chi connectivity index (χ4n) is 1.33. The monoisotopic (exact) mass is 231 g/mol. The number of hydrogen-bond acceptors (Lipinski definition) is 2. The molecule has 0 fully saturated rings. The standard InChI is InChI=1S/C10H10FNS.ClH/c1-12-6-9-5-7-4-8(11)2-3-10(7)13-9;/h2-5,12H,6H2,1H3;1H. The second-order valence-corrected chi connectivity index (χ2v) is 4.09. The van der Waals surface area contributed by atoms with E-state index in [9.17, 15) is 4.39 Å². The van der Waals surface area contributed by atoms with Crippen molar-refractivity contribution in [2.24, 2.45) is 0 Å². The number of thiophene rings is 1. The molecule has 0 bridgehead atoms. The van der Waals surface area contributed by atoms with Crippen molar-refractivity contribution in [2.45, 2.75) is 6.54 Å². The van der Waals surface area contributed by atoms with Crippen molar-refractivity contribution >= 4 is 33.8 Å². The molecule has 0 aliphatic rings. The third-order valence-corrected chi connectivity index (χ3v) is 3.00. The van der Waals surface area contributed by atoms with E-state index >= 15 is 0 Å². The van der Waals surface area contributed by atoms with E-state index in [0.717, 1.165) is 16.6 Å². The molecule has 1 aromatic heterocycles. The Morgan fingerprint density at radius 1 is 1.36 bits per heavy atom. The van der Waals surface area contributed by atoms with E-state index in [0.29, 0.717) is 0 Å². The molecule has 1 aromatic carbocycles. The van der Waals surface area contributed by atoms with Crippen LogP contribution in [0.25, 0.3) is 10.1 Å². The second kappa shape index (κ2) is 4.73. The van der Waals surface area contributed by atoms with E-state index in [-0.39, 0.29) is 18.2 Å². The SMILES string of the molecule is CNCc1cc2cc(F)ccc2s1.Cl. The van der Waals surface area contributed by atoms with Crippen molar-refractivity contribution in [2.75, 3.05) is 7.05 Å². The fourth-order valence-corrected chi connectivity index (χ4v) is 2.39. The molecule has 1 heterocycles. The molecule has 0 saturated carbocycles. The van der Waals surface area contributed by atoms with Crippen molar-refractivity contribution in [3.8, 4) is 0 Å². The van der Waals surface area contributed by atoms with Crippen molar-refractivity contribution in [3.63, 3.8) is 0 Å². The van der Waals surface area contributed by atoms with Crippen LogP contribution in [0.15, 0.2) is 24.3 Å². The van der Waals surface area contributed by atoms with Gasteiger partial charge in [0.1, 0.15) is 5.82 Å². The summed E-state index contributed by atoms with van der Waals surface area (Å²) < 4.78 is 14.0. The van der Waals surface area contributed by atoms with E-state index in [2.05, 4.69) is 5.32 Å². The average molecular weight is 232 g/mol. The molecule has 0 unspecified atom stereocenters. The van der Waals surface area contributed by atoms with Crippen LogP contribution in [0, 0.1) is 5.82 Å². The Morgan fingerprint density at radius 2 is 2.14 bits per heavy atom. The van der Waals surface area contributed by atoms with Gasteiger partial charge in [0.2, 0.25) is 0 Å². The van der Waals surface area contributed by atoms with E-state index in [4.69, 9.17) is 0 Å². The van der Waals surface area contributed by atoms with Crippen LogP contribution in [0.4, 0.5) is 4.39 Å². The van der Waals surface area contributed by atoms with Gasteiger partial charge in [0.15, 0.2) is 0 Å². The maximum Gasteiger partial charge on any atom is 0.123 e. The van der Waals surface area contributed by atoms with Crippen molar-refractivity contribution in [1.29, 1.82) is 0 Å². The summed E-state index contributed by atoms with van der Waals surface area (Å²) in [5, 5.41) is 4.07. The third-order valence-electron chi connectivity index (χ3n) is 1.88. The van der Waals surface area contributed by atoms with E-state index in [1.54, 1.807) is 17.4 Å². The summed E-state index contributed by atoms with van der Waals surface area (Å²) in [5.41, 5.74) is 0. The lowest BCUT2D eigenvalue weighted by atomic mass is 10.2. The van der Waals surface area contributed by atoms with Gasteiger partial charge in [-0.1, -0.05) is 0 Å². The summed E-state index contributed by atoms with van der Waals surface area (Å²) in [6.45, 7) is 0.848. The fraction of sp³-hybridized carbons (Fsp3) is 0.200. The van der Waals surface area contributed by atoms with Gasteiger partial charge in [-0.25, -0.2) is 4.39 Å². The van der Waals surface area contributed by atoms with Gasteiger partial charge in [-0.2, -0.15) is 0 Å². The molecule has 0 aliphatic heterocycles. The molecule has 1 N–H and O–H groups in total. The Kier molecular flexibility index (Phi) is 3.86. The highest BCUT2D eigenvalue weighted by molar-refractivity contribution is 7.19. The smallest absolute Gasteiger partial charge is 0.123 e. The third kappa shape index (κ3) is 2.23. The number of benzene rings is 1. The van der Waals surface area contributed by atoms with Crippen molar-refractivity contribution in [1.82, 2.24) is 5.32 Å². The molecular formula is C10H11ClFNS. The predicted molar refractivity (Wildman–Crippen MR) is 61.8 cm³/mol. The summed E-state index contributed by atoms with van der Waals surface area (Å²) in [4.78, 5) is 1.24. The number of halogens is 2. The first-order chi connectivity index (χ1) is 6.29. The Labute approximate surface area is 92.4 Å². The van der Waals surface area contributed by atoms with E-state index in [1.165, 1.54) is 10.9 Å². The first kappa shape index (κ1) is 11.4. The minimum atomic E-state index is -0.165.